The molecule has 0 aliphatic rings. The summed E-state index contributed by atoms with van der Waals surface area (Å²) in [7, 11) is 0. The molecule has 0 aliphatic carbocycles. The molecule has 0 atom stereocenters. The molecule has 118 valence electrons. The summed E-state index contributed by atoms with van der Waals surface area (Å²) in [4.78, 5) is 0. The highest BCUT2D eigenvalue weighted by Gasteiger charge is 1.95. The van der Waals surface area contributed by atoms with Crippen molar-refractivity contribution in [1.29, 1.82) is 0 Å². The molecule has 0 heterocycles. The Morgan fingerprint density at radius 2 is 0.769 bits per heavy atom. The lowest BCUT2D eigenvalue weighted by molar-refractivity contribution is 1.57. The van der Waals surface area contributed by atoms with Crippen LogP contribution in [0.3, 0.4) is 0 Å². The Kier molecular flexibility index (Phi) is 5.24. The minimum atomic E-state index is 0.801. The number of terminal acetylenes is 2. The van der Waals surface area contributed by atoms with Crippen molar-refractivity contribution >= 4 is 0 Å². The zero-order valence-electron chi connectivity index (χ0n) is 14.1. The van der Waals surface area contributed by atoms with Crippen LogP contribution in [0.2, 0.25) is 0 Å². The van der Waals surface area contributed by atoms with Gasteiger partial charge < -0.3 is 0 Å². The molecule has 0 bridgehead atoms. The van der Waals surface area contributed by atoms with E-state index in [1.807, 2.05) is 72.8 Å². The van der Waals surface area contributed by atoms with Crippen molar-refractivity contribution in [1.82, 2.24) is 0 Å². The van der Waals surface area contributed by atoms with Crippen LogP contribution in [0.15, 0.2) is 72.8 Å². The van der Waals surface area contributed by atoms with E-state index < -0.39 is 0 Å². The summed E-state index contributed by atoms with van der Waals surface area (Å²) in [5.74, 6) is 17.8. The predicted molar refractivity (Wildman–Crippen MR) is 107 cm³/mol. The van der Waals surface area contributed by atoms with Crippen molar-refractivity contribution in [2.24, 2.45) is 0 Å². The second-order valence-corrected chi connectivity index (χ2v) is 5.46. The second-order valence-electron chi connectivity index (χ2n) is 5.46. The van der Waals surface area contributed by atoms with Gasteiger partial charge in [0.15, 0.2) is 0 Å². The first-order chi connectivity index (χ1) is 12.8. The molecule has 0 unspecified atom stereocenters. The van der Waals surface area contributed by atoms with Crippen LogP contribution < -0.4 is 0 Å². The smallest absolute Gasteiger partial charge is 0.0405 e. The van der Waals surface area contributed by atoms with E-state index in [4.69, 9.17) is 12.8 Å². The van der Waals surface area contributed by atoms with Gasteiger partial charge in [-0.05, 0) is 48.5 Å². The summed E-state index contributed by atoms with van der Waals surface area (Å²) in [5.41, 5.74) is 5.12. The summed E-state index contributed by atoms with van der Waals surface area (Å²) in [6.45, 7) is 0. The summed E-state index contributed by atoms with van der Waals surface area (Å²) in [5, 5.41) is 0. The van der Waals surface area contributed by atoms with E-state index in [1.165, 1.54) is 0 Å². The van der Waals surface area contributed by atoms with Gasteiger partial charge in [0.1, 0.15) is 0 Å². The van der Waals surface area contributed by atoms with E-state index in [1.54, 1.807) is 0 Å². The number of benzene rings is 3. The Morgan fingerprint density at radius 3 is 1.12 bits per heavy atom. The molecule has 0 amide bonds. The third kappa shape index (κ3) is 4.05. The van der Waals surface area contributed by atoms with Crippen molar-refractivity contribution in [2.75, 3.05) is 0 Å². The molecule has 0 aromatic heterocycles. The highest BCUT2D eigenvalue weighted by atomic mass is 14.0. The summed E-state index contributed by atoms with van der Waals surface area (Å²) >= 11 is 0. The minimum Gasteiger partial charge on any atom is -0.115 e. The molecule has 3 aromatic rings. The van der Waals surface area contributed by atoms with Crippen molar-refractivity contribution in [3.8, 4) is 48.4 Å². The van der Waals surface area contributed by atoms with Crippen LogP contribution in [-0.4, -0.2) is 0 Å². The average Bonchev–Trinajstić information content (AvgIpc) is 2.72. The van der Waals surface area contributed by atoms with Gasteiger partial charge in [-0.25, -0.2) is 0 Å². The summed E-state index contributed by atoms with van der Waals surface area (Å²) in [6, 6.07) is 23.1. The fourth-order valence-electron chi connectivity index (χ4n) is 2.35. The SMILES string of the molecule is C#Cc1ccccc1C#Cc1ccc(C#Cc2ccccc2C#C)cc1. The van der Waals surface area contributed by atoms with E-state index >= 15 is 0 Å². The van der Waals surface area contributed by atoms with E-state index in [2.05, 4.69) is 35.5 Å². The first-order valence-electron chi connectivity index (χ1n) is 8.05. The quantitative estimate of drug-likeness (QED) is 0.536. The Labute approximate surface area is 154 Å². The second kappa shape index (κ2) is 8.13. The molecule has 0 nitrogen and oxygen atoms in total. The number of hydrogen-bond donors (Lipinski definition) is 0. The molecule has 0 spiro atoms. The zero-order chi connectivity index (χ0) is 18.2. The van der Waals surface area contributed by atoms with Gasteiger partial charge in [0.2, 0.25) is 0 Å². The van der Waals surface area contributed by atoms with Gasteiger partial charge in [-0.2, -0.15) is 0 Å². The average molecular weight is 326 g/mol. The molecule has 26 heavy (non-hydrogen) atoms. The minimum absolute atomic E-state index is 0.801. The van der Waals surface area contributed by atoms with Crippen molar-refractivity contribution in [3.05, 3.63) is 106 Å². The molecule has 0 saturated carbocycles. The first-order valence-corrected chi connectivity index (χ1v) is 8.05. The first kappa shape index (κ1) is 16.7. The van der Waals surface area contributed by atoms with E-state index in [0.29, 0.717) is 0 Å². The molecule has 0 N–H and O–H groups in total. The van der Waals surface area contributed by atoms with E-state index in [0.717, 1.165) is 33.4 Å². The maximum absolute atomic E-state index is 5.50. The van der Waals surface area contributed by atoms with Gasteiger partial charge in [0.25, 0.3) is 0 Å². The monoisotopic (exact) mass is 326 g/mol. The van der Waals surface area contributed by atoms with Crippen molar-refractivity contribution in [2.45, 2.75) is 0 Å². The largest absolute Gasteiger partial charge is 0.115 e. The van der Waals surface area contributed by atoms with E-state index in [-0.39, 0.29) is 0 Å². The Morgan fingerprint density at radius 1 is 0.423 bits per heavy atom. The summed E-state index contributed by atoms with van der Waals surface area (Å²) in [6.07, 6.45) is 11.0. The molecular weight excluding hydrogens is 312 g/mol. The molecular formula is C26H14. The third-order valence-corrected chi connectivity index (χ3v) is 3.73. The highest BCUT2D eigenvalue weighted by molar-refractivity contribution is 5.54. The van der Waals surface area contributed by atoms with Gasteiger partial charge in [-0.15, -0.1) is 12.8 Å². The molecule has 3 aromatic carbocycles. The maximum atomic E-state index is 5.50. The molecule has 0 radical (unpaired) electrons. The summed E-state index contributed by atoms with van der Waals surface area (Å²) < 4.78 is 0. The lowest BCUT2D eigenvalue weighted by Gasteiger charge is -1.96. The van der Waals surface area contributed by atoms with Gasteiger partial charge in [0.05, 0.1) is 0 Å². The number of hydrogen-bond acceptors (Lipinski definition) is 0. The van der Waals surface area contributed by atoms with Gasteiger partial charge in [0, 0.05) is 33.4 Å². The maximum Gasteiger partial charge on any atom is 0.0405 e. The van der Waals surface area contributed by atoms with Gasteiger partial charge in [-0.3, -0.25) is 0 Å². The van der Waals surface area contributed by atoms with Gasteiger partial charge >= 0.3 is 0 Å². The molecule has 3 rings (SSSR count). The molecule has 0 aliphatic heterocycles. The zero-order valence-corrected chi connectivity index (χ0v) is 14.1. The van der Waals surface area contributed by atoms with Crippen LogP contribution in [0.4, 0.5) is 0 Å². The fraction of sp³-hybridized carbons (Fsp3) is 0. The Hall–Kier alpha value is -4.10. The van der Waals surface area contributed by atoms with Crippen LogP contribution in [0, 0.1) is 48.4 Å². The molecule has 0 fully saturated rings. The third-order valence-electron chi connectivity index (χ3n) is 3.73. The molecule has 0 saturated heterocycles. The topological polar surface area (TPSA) is 0 Å². The highest BCUT2D eigenvalue weighted by Crippen LogP contribution is 2.08. The van der Waals surface area contributed by atoms with E-state index in [9.17, 15) is 0 Å². The lowest BCUT2D eigenvalue weighted by Crippen LogP contribution is -1.83. The lowest BCUT2D eigenvalue weighted by atomic mass is 10.1. The molecule has 0 heteroatoms. The standard InChI is InChI=1S/C26H14/c1-3-23-9-5-7-11-25(23)19-17-21-13-15-22(16-14-21)18-20-26-12-8-6-10-24(26)4-2/h1-2,5-16H. The van der Waals surface area contributed by atoms with Crippen LogP contribution >= 0.6 is 0 Å². The predicted octanol–water partition coefficient (Wildman–Crippen LogP) is 4.45. The Balaban J connectivity index is 1.81. The van der Waals surface area contributed by atoms with Crippen LogP contribution in [0.1, 0.15) is 33.4 Å². The van der Waals surface area contributed by atoms with Crippen LogP contribution in [0.25, 0.3) is 0 Å². The number of rotatable bonds is 0. The van der Waals surface area contributed by atoms with Crippen molar-refractivity contribution in [3.63, 3.8) is 0 Å². The Bertz CT molecular complexity index is 1040. The van der Waals surface area contributed by atoms with Crippen LogP contribution in [-0.2, 0) is 0 Å². The fourth-order valence-corrected chi connectivity index (χ4v) is 2.35. The normalized spacial score (nSPS) is 8.85. The van der Waals surface area contributed by atoms with Crippen molar-refractivity contribution < 1.29 is 0 Å². The van der Waals surface area contributed by atoms with Gasteiger partial charge in [-0.1, -0.05) is 59.8 Å². The van der Waals surface area contributed by atoms with Crippen LogP contribution in [0.5, 0.6) is 0 Å².